The molecule has 2 atom stereocenters. The van der Waals surface area contributed by atoms with Crippen LogP contribution in [0, 0.1) is 0 Å². The highest BCUT2D eigenvalue weighted by Gasteiger charge is 2.33. The molecule has 1 heterocycles. The van der Waals surface area contributed by atoms with Crippen molar-refractivity contribution >= 4 is 11.8 Å². The molecule has 1 aromatic rings. The van der Waals surface area contributed by atoms with Crippen LogP contribution in [0.5, 0.6) is 0 Å². The first-order valence-corrected chi connectivity index (χ1v) is 8.45. The van der Waals surface area contributed by atoms with Crippen molar-refractivity contribution in [3.8, 4) is 0 Å². The van der Waals surface area contributed by atoms with Gasteiger partial charge in [0.05, 0.1) is 12.7 Å². The van der Waals surface area contributed by atoms with Crippen LogP contribution in [0.2, 0.25) is 0 Å². The average Bonchev–Trinajstić information content (AvgIpc) is 2.49. The highest BCUT2D eigenvalue weighted by molar-refractivity contribution is 7.99. The number of morpholine rings is 1. The van der Waals surface area contributed by atoms with Crippen LogP contribution in [0.1, 0.15) is 25.7 Å². The van der Waals surface area contributed by atoms with Crippen LogP contribution in [0.4, 0.5) is 0 Å². The second-order valence-corrected chi connectivity index (χ2v) is 6.63. The van der Waals surface area contributed by atoms with Crippen molar-refractivity contribution in [1.29, 1.82) is 0 Å². The Labute approximate surface area is 120 Å². The predicted molar refractivity (Wildman–Crippen MR) is 80.7 cm³/mol. The molecule has 0 aromatic heterocycles. The van der Waals surface area contributed by atoms with Crippen molar-refractivity contribution in [2.24, 2.45) is 0 Å². The van der Waals surface area contributed by atoms with E-state index >= 15 is 0 Å². The summed E-state index contributed by atoms with van der Waals surface area (Å²) >= 11 is 1.97. The third-order valence-corrected chi connectivity index (χ3v) is 5.23. The summed E-state index contributed by atoms with van der Waals surface area (Å²) in [5.41, 5.74) is 0. The first-order chi connectivity index (χ1) is 9.43. The molecule has 1 aliphatic carbocycles. The molecule has 0 spiro atoms. The Morgan fingerprint density at radius 3 is 2.89 bits per heavy atom. The summed E-state index contributed by atoms with van der Waals surface area (Å²) < 4.78 is 5.93. The lowest BCUT2D eigenvalue weighted by molar-refractivity contribution is -0.0858. The number of hydrogen-bond donors (Lipinski definition) is 0. The minimum absolute atomic E-state index is 0.518. The van der Waals surface area contributed by atoms with Gasteiger partial charge in [0.25, 0.3) is 0 Å². The average molecular weight is 277 g/mol. The van der Waals surface area contributed by atoms with Crippen LogP contribution < -0.4 is 0 Å². The third-order valence-electron chi connectivity index (χ3n) is 4.24. The maximum Gasteiger partial charge on any atom is 0.0730 e. The molecular weight excluding hydrogens is 254 g/mol. The van der Waals surface area contributed by atoms with Gasteiger partial charge in [-0.15, -0.1) is 11.8 Å². The van der Waals surface area contributed by atoms with Gasteiger partial charge in [-0.05, 0) is 25.0 Å². The fourth-order valence-electron chi connectivity index (χ4n) is 3.25. The highest BCUT2D eigenvalue weighted by Crippen LogP contribution is 2.28. The Morgan fingerprint density at radius 1 is 1.16 bits per heavy atom. The van der Waals surface area contributed by atoms with Crippen LogP contribution in [0.3, 0.4) is 0 Å². The van der Waals surface area contributed by atoms with Crippen molar-refractivity contribution in [3.63, 3.8) is 0 Å². The maximum absolute atomic E-state index is 5.93. The lowest BCUT2D eigenvalue weighted by Crippen LogP contribution is -2.53. The van der Waals surface area contributed by atoms with E-state index < -0.39 is 0 Å². The van der Waals surface area contributed by atoms with Gasteiger partial charge < -0.3 is 4.74 Å². The Morgan fingerprint density at radius 2 is 2.00 bits per heavy atom. The summed E-state index contributed by atoms with van der Waals surface area (Å²) in [7, 11) is 0. The van der Waals surface area contributed by atoms with E-state index in [-0.39, 0.29) is 0 Å². The van der Waals surface area contributed by atoms with Gasteiger partial charge in [0.15, 0.2) is 0 Å². The summed E-state index contributed by atoms with van der Waals surface area (Å²) in [5, 5.41) is 0. The van der Waals surface area contributed by atoms with Gasteiger partial charge in [-0.3, -0.25) is 4.90 Å². The first-order valence-electron chi connectivity index (χ1n) is 7.47. The SMILES string of the molecule is c1ccc(SCCN2CCOC3CCCCC32)cc1. The van der Waals surface area contributed by atoms with E-state index in [2.05, 4.69) is 35.2 Å². The third kappa shape index (κ3) is 3.53. The molecule has 2 fully saturated rings. The van der Waals surface area contributed by atoms with Crippen LogP contribution in [-0.4, -0.2) is 42.5 Å². The summed E-state index contributed by atoms with van der Waals surface area (Å²) in [4.78, 5) is 4.06. The van der Waals surface area contributed by atoms with Crippen molar-refractivity contribution in [2.75, 3.05) is 25.4 Å². The zero-order chi connectivity index (χ0) is 12.9. The van der Waals surface area contributed by atoms with E-state index in [1.807, 2.05) is 11.8 Å². The fraction of sp³-hybridized carbons (Fsp3) is 0.625. The van der Waals surface area contributed by atoms with E-state index in [4.69, 9.17) is 4.74 Å². The molecule has 104 valence electrons. The highest BCUT2D eigenvalue weighted by atomic mass is 32.2. The Kier molecular flexibility index (Phi) is 4.81. The number of hydrogen-bond acceptors (Lipinski definition) is 3. The number of rotatable bonds is 4. The van der Waals surface area contributed by atoms with Crippen molar-refractivity contribution in [2.45, 2.75) is 42.7 Å². The molecular formula is C16H23NOS. The topological polar surface area (TPSA) is 12.5 Å². The fourth-order valence-corrected chi connectivity index (χ4v) is 4.16. The molecule has 1 aromatic carbocycles. The molecule has 2 unspecified atom stereocenters. The molecule has 19 heavy (non-hydrogen) atoms. The summed E-state index contributed by atoms with van der Waals surface area (Å²) in [6.07, 6.45) is 5.86. The van der Waals surface area contributed by atoms with Gasteiger partial charge >= 0.3 is 0 Å². The number of ether oxygens (including phenoxy) is 1. The number of benzene rings is 1. The second-order valence-electron chi connectivity index (χ2n) is 5.46. The van der Waals surface area contributed by atoms with E-state index in [1.54, 1.807) is 0 Å². The smallest absolute Gasteiger partial charge is 0.0730 e. The van der Waals surface area contributed by atoms with Gasteiger partial charge in [-0.1, -0.05) is 31.0 Å². The lowest BCUT2D eigenvalue weighted by Gasteiger charge is -2.43. The lowest BCUT2D eigenvalue weighted by atomic mass is 9.90. The molecule has 2 aliphatic rings. The van der Waals surface area contributed by atoms with E-state index in [9.17, 15) is 0 Å². The Balaban J connectivity index is 1.49. The van der Waals surface area contributed by atoms with Crippen LogP contribution in [-0.2, 0) is 4.74 Å². The molecule has 3 heteroatoms. The summed E-state index contributed by atoms with van der Waals surface area (Å²) in [6, 6.07) is 11.4. The summed E-state index contributed by atoms with van der Waals surface area (Å²) in [5.74, 6) is 1.19. The summed E-state index contributed by atoms with van der Waals surface area (Å²) in [6.45, 7) is 3.25. The van der Waals surface area contributed by atoms with Gasteiger partial charge in [-0.25, -0.2) is 0 Å². The van der Waals surface area contributed by atoms with Gasteiger partial charge in [0.1, 0.15) is 0 Å². The van der Waals surface area contributed by atoms with E-state index in [1.165, 1.54) is 42.9 Å². The van der Waals surface area contributed by atoms with Gasteiger partial charge in [-0.2, -0.15) is 0 Å². The molecule has 0 amide bonds. The molecule has 0 radical (unpaired) electrons. The van der Waals surface area contributed by atoms with E-state index in [0.717, 1.165) is 13.2 Å². The van der Waals surface area contributed by atoms with Crippen LogP contribution in [0.15, 0.2) is 35.2 Å². The molecule has 1 aliphatic heterocycles. The van der Waals surface area contributed by atoms with Crippen LogP contribution in [0.25, 0.3) is 0 Å². The first kappa shape index (κ1) is 13.5. The second kappa shape index (κ2) is 6.78. The Hall–Kier alpha value is -0.510. The van der Waals surface area contributed by atoms with Crippen molar-refractivity contribution in [3.05, 3.63) is 30.3 Å². The number of fused-ring (bicyclic) bond motifs is 1. The zero-order valence-electron chi connectivity index (χ0n) is 11.5. The van der Waals surface area contributed by atoms with Crippen molar-refractivity contribution < 1.29 is 4.74 Å². The quantitative estimate of drug-likeness (QED) is 0.783. The standard InChI is InChI=1S/C16H23NOS/c1-2-6-14(7-3-1)19-13-11-17-10-12-18-16-9-5-4-8-15(16)17/h1-3,6-7,15-16H,4-5,8-13H2. The molecule has 0 N–H and O–H groups in total. The van der Waals surface area contributed by atoms with Crippen molar-refractivity contribution in [1.82, 2.24) is 4.90 Å². The zero-order valence-corrected chi connectivity index (χ0v) is 12.3. The molecule has 1 saturated heterocycles. The normalized spacial score (nSPS) is 28.0. The Bertz CT molecular complexity index is 382. The number of nitrogens with zero attached hydrogens (tertiary/aromatic N) is 1. The van der Waals surface area contributed by atoms with E-state index in [0.29, 0.717) is 12.1 Å². The minimum atomic E-state index is 0.518. The van der Waals surface area contributed by atoms with Gasteiger partial charge in [0, 0.05) is 29.8 Å². The van der Waals surface area contributed by atoms with Crippen LogP contribution >= 0.6 is 11.8 Å². The molecule has 2 nitrogen and oxygen atoms in total. The predicted octanol–water partition coefficient (Wildman–Crippen LogP) is 3.42. The monoisotopic (exact) mass is 277 g/mol. The largest absolute Gasteiger partial charge is 0.375 e. The minimum Gasteiger partial charge on any atom is -0.375 e. The maximum atomic E-state index is 5.93. The molecule has 3 rings (SSSR count). The number of thioether (sulfide) groups is 1. The molecule has 0 bridgehead atoms. The molecule has 1 saturated carbocycles. The van der Waals surface area contributed by atoms with Gasteiger partial charge in [0.2, 0.25) is 0 Å².